The Morgan fingerprint density at radius 2 is 1.68 bits per heavy atom. The molecule has 0 amide bonds. The number of phenolic OH excluding ortho intramolecular Hbond substituents is 1. The minimum absolute atomic E-state index is 0.0121. The monoisotopic (exact) mass is 781 g/mol. The molecule has 57 heavy (non-hydrogen) atoms. The van der Waals surface area contributed by atoms with Crippen molar-refractivity contribution in [1.29, 1.82) is 0 Å². The molecule has 2 aromatic heterocycles. The van der Waals surface area contributed by atoms with Gasteiger partial charge in [-0.05, 0) is 108 Å². The first-order valence-corrected chi connectivity index (χ1v) is 19.7. The van der Waals surface area contributed by atoms with Gasteiger partial charge in [-0.2, -0.15) is 0 Å². The van der Waals surface area contributed by atoms with Crippen LogP contribution in [0.5, 0.6) is 5.75 Å². The third kappa shape index (κ3) is 10.0. The number of piperidine rings is 1. The van der Waals surface area contributed by atoms with Gasteiger partial charge in [0.2, 0.25) is 0 Å². The topological polar surface area (TPSA) is 104 Å². The number of aryl methyl sites for hydroxylation is 1. The van der Waals surface area contributed by atoms with Crippen LogP contribution in [-0.4, -0.2) is 77.8 Å². The van der Waals surface area contributed by atoms with Gasteiger partial charge in [0.1, 0.15) is 23.0 Å². The number of carbonyl (C=O) groups is 1. The largest absolute Gasteiger partial charge is 0.507 e. The molecule has 0 bridgehead atoms. The van der Waals surface area contributed by atoms with Crippen LogP contribution in [0.3, 0.4) is 0 Å². The molecule has 1 N–H and O–H groups in total. The second-order valence-corrected chi connectivity index (χ2v) is 16.2. The van der Waals surface area contributed by atoms with Crippen LogP contribution >= 0.6 is 0 Å². The number of benzene rings is 3. The molecule has 0 radical (unpaired) electrons. The molecule has 2 atom stereocenters. The maximum absolute atomic E-state index is 14.2. The first-order chi connectivity index (χ1) is 27.2. The number of hydrogen-bond donors (Lipinski definition) is 1. The fraction of sp³-hybridized carbons (Fsp3) is 0.435. The van der Waals surface area contributed by atoms with E-state index in [0.717, 1.165) is 52.1 Å². The minimum Gasteiger partial charge on any atom is -0.507 e. The SMILES string of the molecule is COC(=O)[C@@H](OC(C)(C)C)c1c(C)c(C)c2nc(-c3cccc(-c4cc(F)ccc4O)c3)cn2c1N1CCC(C)(OCCOC[C@@H](C)OCc2ccccc2)CC1. The quantitative estimate of drug-likeness (QED) is 0.0823. The molecule has 6 rings (SSSR count). The highest BCUT2D eigenvalue weighted by Gasteiger charge is 2.38. The number of pyridine rings is 1. The van der Waals surface area contributed by atoms with E-state index in [9.17, 15) is 14.3 Å². The van der Waals surface area contributed by atoms with E-state index in [0.29, 0.717) is 56.3 Å². The lowest BCUT2D eigenvalue weighted by molar-refractivity contribution is -0.164. The summed E-state index contributed by atoms with van der Waals surface area (Å²) in [5, 5.41) is 10.6. The first kappa shape index (κ1) is 41.8. The lowest BCUT2D eigenvalue weighted by Gasteiger charge is -2.42. The molecule has 1 saturated heterocycles. The summed E-state index contributed by atoms with van der Waals surface area (Å²) >= 11 is 0. The van der Waals surface area contributed by atoms with E-state index in [-0.39, 0.29) is 17.5 Å². The van der Waals surface area contributed by atoms with Gasteiger partial charge in [0, 0.05) is 36.0 Å². The Kier molecular flexibility index (Phi) is 13.0. The summed E-state index contributed by atoms with van der Waals surface area (Å²) in [5.41, 5.74) is 5.88. The summed E-state index contributed by atoms with van der Waals surface area (Å²) in [5.74, 6) is -0.128. The van der Waals surface area contributed by atoms with Crippen LogP contribution in [0.2, 0.25) is 0 Å². The average Bonchev–Trinajstić information content (AvgIpc) is 3.64. The first-order valence-electron chi connectivity index (χ1n) is 19.7. The molecule has 1 fully saturated rings. The highest BCUT2D eigenvalue weighted by atomic mass is 19.1. The number of aromatic hydroxyl groups is 1. The normalized spacial score (nSPS) is 15.5. The third-order valence-electron chi connectivity index (χ3n) is 10.6. The zero-order valence-corrected chi connectivity index (χ0v) is 34.4. The summed E-state index contributed by atoms with van der Waals surface area (Å²) in [6.07, 6.45) is 2.41. The molecule has 1 aliphatic rings. The Bertz CT molecular complexity index is 2160. The van der Waals surface area contributed by atoms with Gasteiger partial charge in [-0.3, -0.25) is 4.40 Å². The Labute approximate surface area is 335 Å². The van der Waals surface area contributed by atoms with Gasteiger partial charge in [-0.15, -0.1) is 0 Å². The number of methoxy groups -OCH3 is 1. The van der Waals surface area contributed by atoms with E-state index in [1.807, 2.05) is 102 Å². The van der Waals surface area contributed by atoms with Crippen LogP contribution in [0.1, 0.15) is 75.8 Å². The number of phenols is 1. The van der Waals surface area contributed by atoms with Gasteiger partial charge in [0.25, 0.3) is 0 Å². The zero-order chi connectivity index (χ0) is 40.9. The standard InChI is InChI=1S/C46H56FN3O7/c1-30(55-29-33-13-10-9-11-14-33)28-54-23-24-56-46(7)19-21-49(22-20-46)43-40(41(44(52)53-8)57-45(4,5)6)31(2)32(3)42-48-38(27-50(42)43)35-16-12-15-34(25-35)37-26-36(47)17-18-39(37)51/h9-18,25-27,30,41,51H,19-24,28-29H2,1-8H3/t30-,41+/m1/s1. The number of nitrogens with zero attached hydrogens (tertiary/aromatic N) is 3. The maximum Gasteiger partial charge on any atom is 0.339 e. The molecule has 0 aliphatic carbocycles. The summed E-state index contributed by atoms with van der Waals surface area (Å²) in [4.78, 5) is 21.0. The van der Waals surface area contributed by atoms with Crippen LogP contribution in [0, 0.1) is 19.7 Å². The number of fused-ring (bicyclic) bond motifs is 1. The van der Waals surface area contributed by atoms with Gasteiger partial charge < -0.3 is 33.7 Å². The van der Waals surface area contributed by atoms with Crippen molar-refractivity contribution in [2.45, 2.75) is 91.3 Å². The second-order valence-electron chi connectivity index (χ2n) is 16.2. The molecule has 10 nitrogen and oxygen atoms in total. The Morgan fingerprint density at radius 3 is 2.39 bits per heavy atom. The van der Waals surface area contributed by atoms with Gasteiger partial charge in [0.15, 0.2) is 6.10 Å². The predicted octanol–water partition coefficient (Wildman–Crippen LogP) is 9.16. The molecule has 0 saturated carbocycles. The number of ether oxygens (including phenoxy) is 5. The summed E-state index contributed by atoms with van der Waals surface area (Å²) < 4.78 is 46.5. The van der Waals surface area contributed by atoms with Gasteiger partial charge in [-0.25, -0.2) is 14.2 Å². The highest BCUT2D eigenvalue weighted by molar-refractivity contribution is 5.82. The number of imidazole rings is 1. The number of carbonyl (C=O) groups excluding carboxylic acids is 1. The molecule has 5 aromatic rings. The number of hydrogen-bond acceptors (Lipinski definition) is 9. The van der Waals surface area contributed by atoms with Crippen molar-refractivity contribution in [3.63, 3.8) is 0 Å². The molecular weight excluding hydrogens is 726 g/mol. The van der Waals surface area contributed by atoms with Crippen molar-refractivity contribution < 1.29 is 38.0 Å². The van der Waals surface area contributed by atoms with E-state index in [2.05, 4.69) is 16.2 Å². The van der Waals surface area contributed by atoms with E-state index in [1.54, 1.807) is 0 Å². The van der Waals surface area contributed by atoms with E-state index in [1.165, 1.54) is 25.3 Å². The van der Waals surface area contributed by atoms with E-state index >= 15 is 0 Å². The summed E-state index contributed by atoms with van der Waals surface area (Å²) in [6.45, 7) is 17.2. The van der Waals surface area contributed by atoms with E-state index in [4.69, 9.17) is 28.7 Å². The second kappa shape index (κ2) is 17.8. The highest BCUT2D eigenvalue weighted by Crippen LogP contribution is 2.41. The summed E-state index contributed by atoms with van der Waals surface area (Å²) in [7, 11) is 1.38. The minimum atomic E-state index is -1.00. The van der Waals surface area contributed by atoms with Crippen LogP contribution in [-0.2, 0) is 35.1 Å². The van der Waals surface area contributed by atoms with Crippen molar-refractivity contribution in [2.75, 3.05) is 44.9 Å². The number of halogens is 1. The van der Waals surface area contributed by atoms with Crippen molar-refractivity contribution in [3.8, 4) is 28.1 Å². The molecule has 3 aromatic carbocycles. The maximum atomic E-state index is 14.2. The smallest absolute Gasteiger partial charge is 0.339 e. The van der Waals surface area contributed by atoms with Crippen molar-refractivity contribution >= 4 is 17.4 Å². The Balaban J connectivity index is 1.26. The Hall–Kier alpha value is -4.81. The molecule has 1 aliphatic heterocycles. The van der Waals surface area contributed by atoms with Crippen LogP contribution in [0.25, 0.3) is 28.0 Å². The fourth-order valence-electron chi connectivity index (χ4n) is 7.31. The van der Waals surface area contributed by atoms with Crippen molar-refractivity contribution in [2.24, 2.45) is 0 Å². The molecule has 0 unspecified atom stereocenters. The fourth-order valence-corrected chi connectivity index (χ4v) is 7.31. The average molecular weight is 782 g/mol. The van der Waals surface area contributed by atoms with Crippen LogP contribution in [0.4, 0.5) is 10.2 Å². The number of anilines is 1. The molecule has 0 spiro atoms. The predicted molar refractivity (Wildman–Crippen MR) is 220 cm³/mol. The molecule has 11 heteroatoms. The number of rotatable bonds is 15. The van der Waals surface area contributed by atoms with Crippen LogP contribution < -0.4 is 4.90 Å². The summed E-state index contributed by atoms with van der Waals surface area (Å²) in [6, 6.07) is 21.5. The molecule has 3 heterocycles. The van der Waals surface area contributed by atoms with Gasteiger partial charge >= 0.3 is 5.97 Å². The van der Waals surface area contributed by atoms with E-state index < -0.39 is 23.5 Å². The van der Waals surface area contributed by atoms with Crippen molar-refractivity contribution in [1.82, 2.24) is 9.38 Å². The lowest BCUT2D eigenvalue weighted by atomic mass is 9.92. The third-order valence-corrected chi connectivity index (χ3v) is 10.6. The molecule has 304 valence electrons. The Morgan fingerprint density at radius 1 is 0.965 bits per heavy atom. The zero-order valence-electron chi connectivity index (χ0n) is 34.4. The lowest BCUT2D eigenvalue weighted by Crippen LogP contribution is -2.46. The molecular formula is C46H56FN3O7. The number of aromatic nitrogens is 2. The number of esters is 1. The van der Waals surface area contributed by atoms with Gasteiger partial charge in [0.05, 0.1) is 56.5 Å². The van der Waals surface area contributed by atoms with Crippen LogP contribution in [0.15, 0.2) is 79.0 Å². The van der Waals surface area contributed by atoms with Crippen molar-refractivity contribution in [3.05, 3.63) is 107 Å². The van der Waals surface area contributed by atoms with Gasteiger partial charge in [-0.1, -0.05) is 48.5 Å².